The second kappa shape index (κ2) is 2.77. The average molecular weight is 163 g/mol. The SMILES string of the molecule is C/C=C\c1oc(C)nc1C1CC1. The summed E-state index contributed by atoms with van der Waals surface area (Å²) in [4.78, 5) is 4.37. The fraction of sp³-hybridized carbons (Fsp3) is 0.500. The smallest absolute Gasteiger partial charge is 0.192 e. The molecule has 0 unspecified atom stereocenters. The highest BCUT2D eigenvalue weighted by Gasteiger charge is 2.29. The Morgan fingerprint density at radius 2 is 2.25 bits per heavy atom. The summed E-state index contributed by atoms with van der Waals surface area (Å²) >= 11 is 0. The topological polar surface area (TPSA) is 26.0 Å². The number of aryl methyl sites for hydroxylation is 1. The van der Waals surface area contributed by atoms with Crippen LogP contribution in [0.4, 0.5) is 0 Å². The van der Waals surface area contributed by atoms with Gasteiger partial charge in [-0.25, -0.2) is 4.98 Å². The Hall–Kier alpha value is -1.05. The van der Waals surface area contributed by atoms with E-state index in [1.165, 1.54) is 12.8 Å². The third-order valence-corrected chi connectivity index (χ3v) is 2.07. The largest absolute Gasteiger partial charge is 0.441 e. The lowest BCUT2D eigenvalue weighted by Crippen LogP contribution is -1.81. The molecule has 0 bridgehead atoms. The van der Waals surface area contributed by atoms with E-state index >= 15 is 0 Å². The van der Waals surface area contributed by atoms with Crippen LogP contribution in [0.1, 0.15) is 43.0 Å². The summed E-state index contributed by atoms with van der Waals surface area (Å²) in [6.07, 6.45) is 6.53. The van der Waals surface area contributed by atoms with Gasteiger partial charge in [-0.1, -0.05) is 6.08 Å². The third-order valence-electron chi connectivity index (χ3n) is 2.07. The molecule has 2 nitrogen and oxygen atoms in total. The van der Waals surface area contributed by atoms with Crippen LogP contribution in [0.5, 0.6) is 0 Å². The quantitative estimate of drug-likeness (QED) is 0.670. The molecule has 0 amide bonds. The molecule has 2 heteroatoms. The number of hydrogen-bond donors (Lipinski definition) is 0. The minimum Gasteiger partial charge on any atom is -0.441 e. The van der Waals surface area contributed by atoms with Gasteiger partial charge < -0.3 is 4.42 Å². The van der Waals surface area contributed by atoms with Crippen LogP contribution in [0.3, 0.4) is 0 Å². The van der Waals surface area contributed by atoms with Crippen LogP contribution in [0, 0.1) is 6.92 Å². The fourth-order valence-corrected chi connectivity index (χ4v) is 1.38. The molecule has 0 spiro atoms. The van der Waals surface area contributed by atoms with E-state index in [1.807, 2.05) is 26.0 Å². The summed E-state index contributed by atoms with van der Waals surface area (Å²) < 4.78 is 5.46. The van der Waals surface area contributed by atoms with E-state index in [1.54, 1.807) is 0 Å². The molecule has 64 valence electrons. The summed E-state index contributed by atoms with van der Waals surface area (Å²) in [6.45, 7) is 3.90. The zero-order valence-corrected chi connectivity index (χ0v) is 7.50. The molecule has 0 N–H and O–H groups in total. The van der Waals surface area contributed by atoms with Crippen LogP contribution < -0.4 is 0 Å². The Morgan fingerprint density at radius 3 is 2.83 bits per heavy atom. The molecule has 1 aromatic heterocycles. The molecule has 1 fully saturated rings. The van der Waals surface area contributed by atoms with Crippen molar-refractivity contribution < 1.29 is 4.42 Å². The summed E-state index contributed by atoms with van der Waals surface area (Å²) in [5, 5.41) is 0. The summed E-state index contributed by atoms with van der Waals surface area (Å²) in [6, 6.07) is 0. The first kappa shape index (κ1) is 7.59. The maximum Gasteiger partial charge on any atom is 0.192 e. The molecule has 0 atom stereocenters. The first-order chi connectivity index (χ1) is 5.81. The molecule has 2 rings (SSSR count). The van der Waals surface area contributed by atoms with Crippen LogP contribution in [-0.4, -0.2) is 4.98 Å². The molecule has 12 heavy (non-hydrogen) atoms. The lowest BCUT2D eigenvalue weighted by molar-refractivity contribution is 0.512. The molecule has 0 saturated heterocycles. The van der Waals surface area contributed by atoms with Crippen molar-refractivity contribution in [2.45, 2.75) is 32.6 Å². The van der Waals surface area contributed by atoms with Crippen LogP contribution in [0.25, 0.3) is 6.08 Å². The van der Waals surface area contributed by atoms with Crippen molar-refractivity contribution in [3.05, 3.63) is 23.4 Å². The zero-order chi connectivity index (χ0) is 8.55. The van der Waals surface area contributed by atoms with Gasteiger partial charge in [-0.15, -0.1) is 0 Å². The van der Waals surface area contributed by atoms with Gasteiger partial charge in [0, 0.05) is 12.8 Å². The number of nitrogens with zero attached hydrogens (tertiary/aromatic N) is 1. The van der Waals surface area contributed by atoms with Crippen molar-refractivity contribution in [3.8, 4) is 0 Å². The van der Waals surface area contributed by atoms with E-state index in [-0.39, 0.29) is 0 Å². The molecule has 1 aromatic rings. The summed E-state index contributed by atoms with van der Waals surface area (Å²) in [7, 11) is 0. The third kappa shape index (κ3) is 1.29. The monoisotopic (exact) mass is 163 g/mol. The Morgan fingerprint density at radius 1 is 1.50 bits per heavy atom. The van der Waals surface area contributed by atoms with E-state index in [9.17, 15) is 0 Å². The predicted octanol–water partition coefficient (Wildman–Crippen LogP) is 2.89. The molecular weight excluding hydrogens is 150 g/mol. The van der Waals surface area contributed by atoms with Crippen molar-refractivity contribution in [2.24, 2.45) is 0 Å². The molecule has 0 aromatic carbocycles. The van der Waals surface area contributed by atoms with Crippen molar-refractivity contribution in [2.75, 3.05) is 0 Å². The predicted molar refractivity (Wildman–Crippen MR) is 47.9 cm³/mol. The number of hydrogen-bond acceptors (Lipinski definition) is 2. The highest BCUT2D eigenvalue weighted by Crippen LogP contribution is 2.41. The van der Waals surface area contributed by atoms with Crippen molar-refractivity contribution in [3.63, 3.8) is 0 Å². The number of allylic oxidation sites excluding steroid dienone is 1. The van der Waals surface area contributed by atoms with Gasteiger partial charge in [0.2, 0.25) is 0 Å². The number of rotatable bonds is 2. The number of aromatic nitrogens is 1. The lowest BCUT2D eigenvalue weighted by atomic mass is 10.2. The van der Waals surface area contributed by atoms with Crippen LogP contribution >= 0.6 is 0 Å². The summed E-state index contributed by atoms with van der Waals surface area (Å²) in [5.74, 6) is 2.41. The normalized spacial score (nSPS) is 17.5. The van der Waals surface area contributed by atoms with E-state index < -0.39 is 0 Å². The number of oxazole rings is 1. The molecule has 1 saturated carbocycles. The van der Waals surface area contributed by atoms with E-state index in [0.717, 1.165) is 17.3 Å². The minimum atomic E-state index is 0.675. The highest BCUT2D eigenvalue weighted by atomic mass is 16.4. The molecule has 0 radical (unpaired) electrons. The van der Waals surface area contributed by atoms with Gasteiger partial charge in [-0.2, -0.15) is 0 Å². The Labute approximate surface area is 72.3 Å². The van der Waals surface area contributed by atoms with Gasteiger partial charge in [0.05, 0.1) is 5.69 Å². The standard InChI is InChI=1S/C10H13NO/c1-3-4-9-10(8-5-6-8)11-7(2)12-9/h3-4,8H,5-6H2,1-2H3/b4-3-. The maximum atomic E-state index is 5.46. The molecule has 0 aliphatic heterocycles. The Kier molecular flexibility index (Phi) is 1.75. The van der Waals surface area contributed by atoms with Gasteiger partial charge in [-0.3, -0.25) is 0 Å². The van der Waals surface area contributed by atoms with Gasteiger partial charge in [0.25, 0.3) is 0 Å². The molecular formula is C10H13NO. The van der Waals surface area contributed by atoms with E-state index in [2.05, 4.69) is 4.98 Å². The average Bonchev–Trinajstić information content (AvgIpc) is 2.79. The first-order valence-corrected chi connectivity index (χ1v) is 4.41. The highest BCUT2D eigenvalue weighted by molar-refractivity contribution is 5.47. The van der Waals surface area contributed by atoms with Gasteiger partial charge in [0.1, 0.15) is 0 Å². The summed E-state index contributed by atoms with van der Waals surface area (Å²) in [5.41, 5.74) is 1.16. The second-order valence-corrected chi connectivity index (χ2v) is 3.26. The second-order valence-electron chi connectivity index (χ2n) is 3.26. The van der Waals surface area contributed by atoms with Crippen LogP contribution in [-0.2, 0) is 0 Å². The maximum absolute atomic E-state index is 5.46. The lowest BCUT2D eigenvalue weighted by Gasteiger charge is -1.89. The van der Waals surface area contributed by atoms with E-state index in [4.69, 9.17) is 4.42 Å². The van der Waals surface area contributed by atoms with E-state index in [0.29, 0.717) is 5.92 Å². The minimum absolute atomic E-state index is 0.675. The Bertz CT molecular complexity index is 308. The van der Waals surface area contributed by atoms with Crippen molar-refractivity contribution in [1.29, 1.82) is 0 Å². The van der Waals surface area contributed by atoms with Crippen molar-refractivity contribution >= 4 is 6.08 Å². The first-order valence-electron chi connectivity index (χ1n) is 4.41. The van der Waals surface area contributed by atoms with Gasteiger partial charge in [0.15, 0.2) is 11.7 Å². The molecule has 1 aliphatic carbocycles. The van der Waals surface area contributed by atoms with Gasteiger partial charge in [-0.05, 0) is 25.8 Å². The van der Waals surface area contributed by atoms with Crippen LogP contribution in [0.15, 0.2) is 10.5 Å². The molecule has 1 aliphatic rings. The molecule has 1 heterocycles. The zero-order valence-electron chi connectivity index (χ0n) is 7.50. The van der Waals surface area contributed by atoms with Crippen LogP contribution in [0.2, 0.25) is 0 Å². The van der Waals surface area contributed by atoms with Gasteiger partial charge >= 0.3 is 0 Å². The Balaban J connectivity index is 2.36. The fourth-order valence-electron chi connectivity index (χ4n) is 1.38. The van der Waals surface area contributed by atoms with Crippen molar-refractivity contribution in [1.82, 2.24) is 4.98 Å².